The van der Waals surface area contributed by atoms with E-state index in [1.807, 2.05) is 0 Å². The van der Waals surface area contributed by atoms with Gasteiger partial charge >= 0.3 is 6.03 Å². The zero-order valence-electron chi connectivity index (χ0n) is 11.9. The van der Waals surface area contributed by atoms with Crippen LogP contribution in [0.2, 0.25) is 0 Å². The van der Waals surface area contributed by atoms with E-state index in [0.29, 0.717) is 23.3 Å². The zero-order chi connectivity index (χ0) is 14.4. The molecule has 0 saturated carbocycles. The Labute approximate surface area is 118 Å². The van der Waals surface area contributed by atoms with Crippen LogP contribution in [0.4, 0.5) is 4.79 Å². The van der Waals surface area contributed by atoms with Crippen LogP contribution in [0.3, 0.4) is 0 Å². The minimum absolute atomic E-state index is 0.253. The highest BCUT2D eigenvalue weighted by atomic mass is 16.5. The van der Waals surface area contributed by atoms with Gasteiger partial charge in [0.25, 0.3) is 0 Å². The molecule has 108 valence electrons. The summed E-state index contributed by atoms with van der Waals surface area (Å²) >= 11 is 0. The summed E-state index contributed by atoms with van der Waals surface area (Å²) in [5.41, 5.74) is 1.32. The number of ether oxygens (including phenoxy) is 1. The molecule has 0 unspecified atom stereocenters. The number of hydrogen-bond acceptors (Lipinski definition) is 4. The number of carbonyl (C=O) groups excluding carboxylic acids is 1. The molecule has 6 nitrogen and oxygen atoms in total. The summed E-state index contributed by atoms with van der Waals surface area (Å²) in [5.74, 6) is 0.678. The lowest BCUT2D eigenvalue weighted by atomic mass is 10.2. The molecule has 20 heavy (non-hydrogen) atoms. The third-order valence-corrected chi connectivity index (χ3v) is 3.15. The number of nitrogens with one attached hydrogen (secondary N) is 1. The van der Waals surface area contributed by atoms with Crippen LogP contribution in [0, 0.1) is 0 Å². The summed E-state index contributed by atoms with van der Waals surface area (Å²) in [6.07, 6.45) is 4.49. The number of unbranched alkanes of at least 4 members (excludes halogenated alkanes) is 3. The Morgan fingerprint density at radius 1 is 1.35 bits per heavy atom. The first kappa shape index (κ1) is 14.3. The average Bonchev–Trinajstić information content (AvgIpc) is 2.89. The average molecular weight is 276 g/mol. The third kappa shape index (κ3) is 3.26. The second-order valence-electron chi connectivity index (χ2n) is 4.65. The van der Waals surface area contributed by atoms with Crippen molar-refractivity contribution in [1.82, 2.24) is 20.3 Å². The molecule has 0 aliphatic rings. The maximum Gasteiger partial charge on any atom is 0.344 e. The molecule has 0 radical (unpaired) electrons. The number of rotatable bonds is 6. The fraction of sp³-hybridized carbons (Fsp3) is 0.500. The van der Waals surface area contributed by atoms with Gasteiger partial charge < -0.3 is 10.1 Å². The molecule has 0 aliphatic heterocycles. The molecule has 0 atom stereocenters. The minimum atomic E-state index is -0.253. The Balaban J connectivity index is 2.02. The molecule has 1 aromatic heterocycles. The SMILES string of the molecule is CCCCCCNC(=O)n1nnc2ccc(OC)cc21. The van der Waals surface area contributed by atoms with Crippen LogP contribution in [0.5, 0.6) is 5.75 Å². The Kier molecular flexibility index (Phi) is 4.92. The summed E-state index contributed by atoms with van der Waals surface area (Å²) < 4.78 is 6.43. The smallest absolute Gasteiger partial charge is 0.344 e. The van der Waals surface area contributed by atoms with Crippen LogP contribution >= 0.6 is 0 Å². The van der Waals surface area contributed by atoms with Crippen molar-refractivity contribution in [3.05, 3.63) is 18.2 Å². The van der Waals surface area contributed by atoms with Gasteiger partial charge in [-0.25, -0.2) is 4.79 Å². The van der Waals surface area contributed by atoms with E-state index in [9.17, 15) is 4.79 Å². The molecule has 1 amide bonds. The number of hydrogen-bond donors (Lipinski definition) is 1. The van der Waals surface area contributed by atoms with Crippen molar-refractivity contribution in [1.29, 1.82) is 0 Å². The van der Waals surface area contributed by atoms with Crippen molar-refractivity contribution in [2.45, 2.75) is 32.6 Å². The highest BCUT2D eigenvalue weighted by Gasteiger charge is 2.11. The molecule has 1 N–H and O–H groups in total. The normalized spacial score (nSPS) is 10.7. The summed E-state index contributed by atoms with van der Waals surface area (Å²) in [5, 5.41) is 10.7. The minimum Gasteiger partial charge on any atom is -0.497 e. The van der Waals surface area contributed by atoms with E-state index >= 15 is 0 Å². The van der Waals surface area contributed by atoms with Crippen molar-refractivity contribution in [2.75, 3.05) is 13.7 Å². The molecule has 2 rings (SSSR count). The quantitative estimate of drug-likeness (QED) is 0.823. The van der Waals surface area contributed by atoms with Gasteiger partial charge in [0.15, 0.2) is 0 Å². The monoisotopic (exact) mass is 276 g/mol. The topological polar surface area (TPSA) is 69.0 Å². The van der Waals surface area contributed by atoms with E-state index in [1.165, 1.54) is 17.5 Å². The van der Waals surface area contributed by atoms with E-state index in [1.54, 1.807) is 25.3 Å². The van der Waals surface area contributed by atoms with Gasteiger partial charge in [-0.15, -0.1) is 5.10 Å². The van der Waals surface area contributed by atoms with Gasteiger partial charge in [-0.05, 0) is 18.6 Å². The molecule has 2 aromatic rings. The van der Waals surface area contributed by atoms with Crippen LogP contribution in [0.15, 0.2) is 18.2 Å². The van der Waals surface area contributed by atoms with Gasteiger partial charge in [-0.3, -0.25) is 0 Å². The first-order chi connectivity index (χ1) is 9.76. The lowest BCUT2D eigenvalue weighted by Gasteiger charge is -2.05. The molecule has 1 aromatic carbocycles. The van der Waals surface area contributed by atoms with Crippen LogP contribution < -0.4 is 10.1 Å². The van der Waals surface area contributed by atoms with Crippen LogP contribution in [-0.4, -0.2) is 34.7 Å². The second-order valence-corrected chi connectivity index (χ2v) is 4.65. The predicted molar refractivity (Wildman–Crippen MR) is 77.0 cm³/mol. The van der Waals surface area contributed by atoms with Gasteiger partial charge in [-0.1, -0.05) is 31.4 Å². The maximum atomic E-state index is 12.1. The Morgan fingerprint density at radius 3 is 2.95 bits per heavy atom. The van der Waals surface area contributed by atoms with Gasteiger partial charge in [0.2, 0.25) is 0 Å². The van der Waals surface area contributed by atoms with E-state index < -0.39 is 0 Å². The summed E-state index contributed by atoms with van der Waals surface area (Å²) in [6, 6.07) is 5.08. The molecule has 0 bridgehead atoms. The van der Waals surface area contributed by atoms with Crippen molar-refractivity contribution < 1.29 is 9.53 Å². The molecular formula is C14H20N4O2. The molecule has 0 fully saturated rings. The highest BCUT2D eigenvalue weighted by Crippen LogP contribution is 2.18. The maximum absolute atomic E-state index is 12.1. The van der Waals surface area contributed by atoms with Gasteiger partial charge in [-0.2, -0.15) is 4.68 Å². The molecule has 0 spiro atoms. The van der Waals surface area contributed by atoms with Gasteiger partial charge in [0.1, 0.15) is 16.8 Å². The van der Waals surface area contributed by atoms with E-state index in [-0.39, 0.29) is 6.03 Å². The Morgan fingerprint density at radius 2 is 2.20 bits per heavy atom. The van der Waals surface area contributed by atoms with E-state index in [4.69, 9.17) is 4.74 Å². The third-order valence-electron chi connectivity index (χ3n) is 3.15. The number of aromatic nitrogens is 3. The van der Waals surface area contributed by atoms with Gasteiger partial charge in [0, 0.05) is 12.6 Å². The number of amides is 1. The summed E-state index contributed by atoms with van der Waals surface area (Å²) in [7, 11) is 1.59. The van der Waals surface area contributed by atoms with E-state index in [2.05, 4.69) is 22.6 Å². The number of carbonyl (C=O) groups is 1. The molecule has 0 aliphatic carbocycles. The van der Waals surface area contributed by atoms with Crippen molar-refractivity contribution in [3.63, 3.8) is 0 Å². The fourth-order valence-electron chi connectivity index (χ4n) is 2.00. The van der Waals surface area contributed by atoms with Crippen LogP contribution in [0.25, 0.3) is 11.0 Å². The van der Waals surface area contributed by atoms with Crippen molar-refractivity contribution in [3.8, 4) is 5.75 Å². The van der Waals surface area contributed by atoms with Crippen LogP contribution in [-0.2, 0) is 0 Å². The second kappa shape index (κ2) is 6.88. The number of fused-ring (bicyclic) bond motifs is 1. The lowest BCUT2D eigenvalue weighted by Crippen LogP contribution is -2.30. The van der Waals surface area contributed by atoms with E-state index in [0.717, 1.165) is 12.8 Å². The molecule has 6 heteroatoms. The first-order valence-electron chi connectivity index (χ1n) is 6.94. The molecule has 0 saturated heterocycles. The fourth-order valence-corrected chi connectivity index (χ4v) is 2.00. The molecular weight excluding hydrogens is 256 g/mol. The lowest BCUT2D eigenvalue weighted by molar-refractivity contribution is 0.239. The van der Waals surface area contributed by atoms with Crippen LogP contribution in [0.1, 0.15) is 32.6 Å². The zero-order valence-corrected chi connectivity index (χ0v) is 11.9. The largest absolute Gasteiger partial charge is 0.497 e. The molecule has 1 heterocycles. The van der Waals surface area contributed by atoms with Crippen molar-refractivity contribution in [2.24, 2.45) is 0 Å². The summed E-state index contributed by atoms with van der Waals surface area (Å²) in [6.45, 7) is 2.82. The Bertz CT molecular complexity index is 580. The standard InChI is InChI=1S/C14H20N4O2/c1-3-4-5-6-9-15-14(19)18-13-10-11(20-2)7-8-12(13)16-17-18/h7-8,10H,3-6,9H2,1-2H3,(H,15,19). The predicted octanol–water partition coefficient (Wildman–Crippen LogP) is 2.58. The first-order valence-corrected chi connectivity index (χ1v) is 6.94. The number of benzene rings is 1. The van der Waals surface area contributed by atoms with Gasteiger partial charge in [0.05, 0.1) is 7.11 Å². The highest BCUT2D eigenvalue weighted by molar-refractivity contribution is 5.88. The van der Waals surface area contributed by atoms with Crippen molar-refractivity contribution >= 4 is 17.1 Å². The number of methoxy groups -OCH3 is 1. The number of nitrogens with zero attached hydrogens (tertiary/aromatic N) is 3. The summed E-state index contributed by atoms with van der Waals surface area (Å²) in [4.78, 5) is 12.1. The Hall–Kier alpha value is -2.11.